The first-order chi connectivity index (χ1) is 14.4. The lowest BCUT2D eigenvalue weighted by Gasteiger charge is -2.25. The number of likely N-dealkylation sites (tertiary alicyclic amines) is 1. The van der Waals surface area contributed by atoms with Gasteiger partial charge < -0.3 is 10.2 Å². The van der Waals surface area contributed by atoms with Crippen LogP contribution in [0.3, 0.4) is 0 Å². The van der Waals surface area contributed by atoms with Crippen LogP contribution in [0.4, 0.5) is 9.18 Å². The highest BCUT2D eigenvalue weighted by Gasteiger charge is 2.39. The van der Waals surface area contributed by atoms with Gasteiger partial charge in [-0.1, -0.05) is 12.1 Å². The number of rotatable bonds is 4. The van der Waals surface area contributed by atoms with Gasteiger partial charge in [0, 0.05) is 36.5 Å². The largest absolute Gasteiger partial charge is 0.338 e. The molecule has 2 atom stereocenters. The molecular weight excluding hydrogens is 411 g/mol. The van der Waals surface area contributed by atoms with E-state index in [0.29, 0.717) is 29.8 Å². The van der Waals surface area contributed by atoms with E-state index in [1.165, 1.54) is 17.1 Å². The molecule has 0 saturated carbocycles. The Bertz CT molecular complexity index is 982. The molecule has 2 aliphatic rings. The van der Waals surface area contributed by atoms with Crippen LogP contribution < -0.4 is 5.32 Å². The molecule has 1 N–H and O–H groups in total. The average Bonchev–Trinajstić information content (AvgIpc) is 3.35. The molecule has 0 radical (unpaired) electrons. The van der Waals surface area contributed by atoms with E-state index >= 15 is 0 Å². The number of amides is 3. The number of hydrazone groups is 1. The Morgan fingerprint density at radius 1 is 1.27 bits per heavy atom. The van der Waals surface area contributed by atoms with Gasteiger partial charge in [0.2, 0.25) is 11.2 Å². The first-order valence-electron chi connectivity index (χ1n) is 9.62. The maximum absolute atomic E-state index is 13.4. The number of hydrogen-bond donors (Lipinski definition) is 1. The molecule has 0 bridgehead atoms. The molecule has 3 amide bonds. The smallest absolute Gasteiger partial charge is 0.332 e. The normalized spacial score (nSPS) is 19.8. The number of urea groups is 1. The highest BCUT2D eigenvalue weighted by Crippen LogP contribution is 2.24. The zero-order valence-corrected chi connectivity index (χ0v) is 17.0. The lowest BCUT2D eigenvalue weighted by molar-refractivity contribution is -0.128. The SMILES string of the molecule is CC(NC(=O)N1C[C@@H](N2CCCC2=O)C(c2ccc(F)cc2)=N1)c1cnc(Cl)nc1. The number of aromatic nitrogens is 2. The second-order valence-corrected chi connectivity index (χ2v) is 7.58. The van der Waals surface area contributed by atoms with E-state index in [0.717, 1.165) is 6.42 Å². The fourth-order valence-electron chi connectivity index (χ4n) is 3.62. The molecule has 1 saturated heterocycles. The van der Waals surface area contributed by atoms with Gasteiger partial charge in [-0.3, -0.25) is 4.79 Å². The quantitative estimate of drug-likeness (QED) is 0.755. The summed E-state index contributed by atoms with van der Waals surface area (Å²) in [6.07, 6.45) is 4.34. The van der Waals surface area contributed by atoms with Crippen LogP contribution in [0, 0.1) is 5.82 Å². The summed E-state index contributed by atoms with van der Waals surface area (Å²) in [6, 6.07) is 4.74. The van der Waals surface area contributed by atoms with Crippen LogP contribution in [0.25, 0.3) is 0 Å². The average molecular weight is 431 g/mol. The highest BCUT2D eigenvalue weighted by molar-refractivity contribution is 6.28. The van der Waals surface area contributed by atoms with Crippen molar-refractivity contribution in [1.29, 1.82) is 0 Å². The Balaban J connectivity index is 1.55. The molecule has 1 unspecified atom stereocenters. The minimum Gasteiger partial charge on any atom is -0.332 e. The zero-order valence-electron chi connectivity index (χ0n) is 16.3. The second kappa shape index (κ2) is 8.35. The van der Waals surface area contributed by atoms with Crippen LogP contribution in [0.15, 0.2) is 41.8 Å². The van der Waals surface area contributed by atoms with Gasteiger partial charge in [-0.15, -0.1) is 0 Å². The number of halogens is 2. The van der Waals surface area contributed by atoms with Gasteiger partial charge in [-0.05, 0) is 37.1 Å². The topological polar surface area (TPSA) is 90.8 Å². The van der Waals surface area contributed by atoms with Crippen LogP contribution >= 0.6 is 11.6 Å². The second-order valence-electron chi connectivity index (χ2n) is 7.24. The molecule has 2 aliphatic heterocycles. The molecule has 1 fully saturated rings. The number of carbonyl (C=O) groups is 2. The molecular formula is C20H20ClFN6O2. The third-order valence-corrected chi connectivity index (χ3v) is 5.43. The van der Waals surface area contributed by atoms with Crippen LogP contribution in [0.2, 0.25) is 5.28 Å². The van der Waals surface area contributed by atoms with Crippen LogP contribution in [-0.4, -0.2) is 56.7 Å². The van der Waals surface area contributed by atoms with Crippen molar-refractivity contribution in [3.05, 3.63) is 58.9 Å². The summed E-state index contributed by atoms with van der Waals surface area (Å²) in [5.41, 5.74) is 1.94. The third-order valence-electron chi connectivity index (χ3n) is 5.23. The van der Waals surface area contributed by atoms with E-state index in [-0.39, 0.29) is 35.6 Å². The lowest BCUT2D eigenvalue weighted by Crippen LogP contribution is -2.46. The van der Waals surface area contributed by atoms with E-state index in [2.05, 4.69) is 20.4 Å². The van der Waals surface area contributed by atoms with E-state index in [1.807, 2.05) is 0 Å². The minimum atomic E-state index is -0.411. The van der Waals surface area contributed by atoms with E-state index in [4.69, 9.17) is 11.6 Å². The zero-order chi connectivity index (χ0) is 21.3. The van der Waals surface area contributed by atoms with E-state index in [1.54, 1.807) is 36.4 Å². The molecule has 0 aliphatic carbocycles. The molecule has 4 rings (SSSR count). The number of benzene rings is 1. The lowest BCUT2D eigenvalue weighted by atomic mass is 10.0. The summed E-state index contributed by atoms with van der Waals surface area (Å²) in [5, 5.41) is 8.77. The van der Waals surface area contributed by atoms with E-state index in [9.17, 15) is 14.0 Å². The minimum absolute atomic E-state index is 0.0313. The van der Waals surface area contributed by atoms with Crippen molar-refractivity contribution in [2.24, 2.45) is 5.10 Å². The fourth-order valence-corrected chi connectivity index (χ4v) is 3.72. The summed E-state index contributed by atoms with van der Waals surface area (Å²) >= 11 is 5.71. The molecule has 30 heavy (non-hydrogen) atoms. The molecule has 156 valence electrons. The Morgan fingerprint density at radius 3 is 2.60 bits per heavy atom. The van der Waals surface area contributed by atoms with Crippen LogP contribution in [0.1, 0.15) is 36.9 Å². The Hall–Kier alpha value is -3.07. The van der Waals surface area contributed by atoms with Crippen molar-refractivity contribution in [2.75, 3.05) is 13.1 Å². The van der Waals surface area contributed by atoms with Crippen molar-refractivity contribution >= 4 is 29.3 Å². The standard InChI is InChI=1S/C20H20ClFN6O2/c1-12(14-9-23-19(21)24-10-14)25-20(30)28-11-16(27-8-2-3-17(27)29)18(26-28)13-4-6-15(22)7-5-13/h4-7,9-10,12,16H,2-3,8,11H2,1H3,(H,25,30)/t12?,16-/m1/s1. The molecule has 1 aromatic heterocycles. The van der Waals surface area contributed by atoms with Crippen LogP contribution in [0.5, 0.6) is 0 Å². The predicted molar refractivity (Wildman–Crippen MR) is 108 cm³/mol. The highest BCUT2D eigenvalue weighted by atomic mass is 35.5. The molecule has 0 spiro atoms. The van der Waals surface area contributed by atoms with Crippen molar-refractivity contribution in [3.63, 3.8) is 0 Å². The van der Waals surface area contributed by atoms with Crippen molar-refractivity contribution in [2.45, 2.75) is 31.8 Å². The Kier molecular flexibility index (Phi) is 5.63. The Labute approximate surface area is 177 Å². The fraction of sp³-hybridized carbons (Fsp3) is 0.350. The first-order valence-corrected chi connectivity index (χ1v) is 9.99. The van der Waals surface area contributed by atoms with Crippen molar-refractivity contribution < 1.29 is 14.0 Å². The van der Waals surface area contributed by atoms with Gasteiger partial charge in [-0.25, -0.2) is 24.2 Å². The summed E-state index contributed by atoms with van der Waals surface area (Å²) in [4.78, 5) is 34.8. The van der Waals surface area contributed by atoms with Crippen molar-refractivity contribution in [3.8, 4) is 0 Å². The number of hydrogen-bond acceptors (Lipinski definition) is 5. The van der Waals surface area contributed by atoms with Crippen molar-refractivity contribution in [1.82, 2.24) is 25.2 Å². The summed E-state index contributed by atoms with van der Waals surface area (Å²) < 4.78 is 13.4. The number of carbonyl (C=O) groups excluding carboxylic acids is 2. The first kappa shape index (κ1) is 20.2. The third kappa shape index (κ3) is 4.11. The monoisotopic (exact) mass is 430 g/mol. The van der Waals surface area contributed by atoms with Crippen LogP contribution in [-0.2, 0) is 4.79 Å². The van der Waals surface area contributed by atoms with Gasteiger partial charge in [0.05, 0.1) is 24.3 Å². The summed E-state index contributed by atoms with van der Waals surface area (Å²) in [5.74, 6) is -0.330. The number of nitrogens with one attached hydrogen (secondary N) is 1. The molecule has 1 aromatic carbocycles. The van der Waals surface area contributed by atoms with Gasteiger partial charge in [-0.2, -0.15) is 5.10 Å². The van der Waals surface area contributed by atoms with Gasteiger partial charge in [0.25, 0.3) is 0 Å². The van der Waals surface area contributed by atoms with E-state index < -0.39 is 6.03 Å². The van der Waals surface area contributed by atoms with Gasteiger partial charge in [0.1, 0.15) is 5.82 Å². The molecule has 3 heterocycles. The summed E-state index contributed by atoms with van der Waals surface area (Å²) in [6.45, 7) is 2.64. The number of nitrogens with zero attached hydrogens (tertiary/aromatic N) is 5. The molecule has 10 heteroatoms. The maximum Gasteiger partial charge on any atom is 0.338 e. The maximum atomic E-state index is 13.4. The molecule has 2 aromatic rings. The van der Waals surface area contributed by atoms with Gasteiger partial charge >= 0.3 is 6.03 Å². The Morgan fingerprint density at radius 2 is 1.97 bits per heavy atom. The predicted octanol–water partition coefficient (Wildman–Crippen LogP) is 2.75. The molecule has 8 nitrogen and oxygen atoms in total. The van der Waals surface area contributed by atoms with Gasteiger partial charge in [0.15, 0.2) is 0 Å². The summed E-state index contributed by atoms with van der Waals surface area (Å²) in [7, 11) is 0.